The van der Waals surface area contributed by atoms with Crippen molar-refractivity contribution in [3.05, 3.63) is 76.1 Å². The number of hydrogen-bond acceptors (Lipinski definition) is 8. The second-order valence-electron chi connectivity index (χ2n) is 7.04. The summed E-state index contributed by atoms with van der Waals surface area (Å²) >= 11 is 9.13. The highest BCUT2D eigenvalue weighted by Crippen LogP contribution is 2.37. The number of carbonyl (C=O) groups is 1. The molecule has 0 radical (unpaired) electrons. The second-order valence-corrected chi connectivity index (χ2v) is 9.44. The summed E-state index contributed by atoms with van der Waals surface area (Å²) in [5.74, 6) is 0.673. The lowest BCUT2D eigenvalue weighted by atomic mass is 10.0. The third kappa shape index (κ3) is 3.46. The number of fused-ring (bicyclic) bond motifs is 2. The minimum atomic E-state index is -0.598. The molecule has 0 saturated heterocycles. The van der Waals surface area contributed by atoms with Crippen molar-refractivity contribution in [1.82, 2.24) is 4.57 Å². The predicted molar refractivity (Wildman–Crippen MR) is 122 cm³/mol. The number of hydrogen-bond donors (Lipinski definition) is 0. The molecule has 32 heavy (non-hydrogen) atoms. The molecule has 4 heterocycles. The molecule has 5 rings (SSSR count). The molecule has 0 bridgehead atoms. The number of rotatable bonds is 4. The number of carbonyl (C=O) groups excluding carboxylic acids is 1. The fraction of sp³-hybridized carbons (Fsp3) is 0.227. The summed E-state index contributed by atoms with van der Waals surface area (Å²) in [4.78, 5) is 32.2. The van der Waals surface area contributed by atoms with Gasteiger partial charge in [0, 0.05) is 10.9 Å². The molecule has 0 saturated carbocycles. The number of aromatic nitrogens is 1. The number of nitrogens with zero attached hydrogens (tertiary/aromatic N) is 2. The summed E-state index contributed by atoms with van der Waals surface area (Å²) in [6.07, 6.45) is 1.71. The first kappa shape index (κ1) is 21.0. The Labute approximate surface area is 195 Å². The fourth-order valence-electron chi connectivity index (χ4n) is 3.69. The molecule has 3 aromatic rings. The summed E-state index contributed by atoms with van der Waals surface area (Å²) in [7, 11) is 0. The van der Waals surface area contributed by atoms with Crippen molar-refractivity contribution in [2.24, 2.45) is 4.99 Å². The summed E-state index contributed by atoms with van der Waals surface area (Å²) in [6, 6.07) is 6.61. The van der Waals surface area contributed by atoms with Gasteiger partial charge in [-0.25, -0.2) is 9.79 Å². The lowest BCUT2D eigenvalue weighted by Gasteiger charge is -2.23. The van der Waals surface area contributed by atoms with Crippen molar-refractivity contribution in [2.75, 3.05) is 13.4 Å². The number of thiophene rings is 1. The quantitative estimate of drug-likeness (QED) is 0.527. The first-order valence-electron chi connectivity index (χ1n) is 9.80. The molecule has 0 unspecified atom stereocenters. The van der Waals surface area contributed by atoms with Crippen LogP contribution in [0.25, 0.3) is 6.08 Å². The van der Waals surface area contributed by atoms with E-state index in [0.29, 0.717) is 42.7 Å². The minimum absolute atomic E-state index is 0.133. The maximum Gasteiger partial charge on any atom is 0.338 e. The SMILES string of the molecule is CCOC(=O)C1=C(C)N=c2s/c(=C\c3cc4c(cc3Cl)OCO4)c(=O)n2[C@H]1c1cccs1. The van der Waals surface area contributed by atoms with Gasteiger partial charge >= 0.3 is 5.97 Å². The molecule has 7 nitrogen and oxygen atoms in total. The molecular formula is C22H17ClN2O5S2. The van der Waals surface area contributed by atoms with Crippen LogP contribution >= 0.6 is 34.3 Å². The van der Waals surface area contributed by atoms with Crippen molar-refractivity contribution in [1.29, 1.82) is 0 Å². The van der Waals surface area contributed by atoms with Gasteiger partial charge in [-0.15, -0.1) is 11.3 Å². The van der Waals surface area contributed by atoms with Crippen LogP contribution in [-0.2, 0) is 9.53 Å². The van der Waals surface area contributed by atoms with E-state index in [-0.39, 0.29) is 19.0 Å². The van der Waals surface area contributed by atoms with Crippen LogP contribution in [0.1, 0.15) is 30.3 Å². The zero-order valence-electron chi connectivity index (χ0n) is 17.1. The number of halogens is 1. The van der Waals surface area contributed by atoms with E-state index in [4.69, 9.17) is 25.8 Å². The summed E-state index contributed by atoms with van der Waals surface area (Å²) in [5, 5.41) is 2.36. The normalized spacial score (nSPS) is 17.3. The zero-order valence-corrected chi connectivity index (χ0v) is 19.5. The van der Waals surface area contributed by atoms with Crippen molar-refractivity contribution in [3.8, 4) is 11.5 Å². The molecule has 0 fully saturated rings. The Bertz CT molecular complexity index is 1440. The molecule has 1 atom stereocenters. The van der Waals surface area contributed by atoms with E-state index in [0.717, 1.165) is 4.88 Å². The highest BCUT2D eigenvalue weighted by molar-refractivity contribution is 7.10. The first-order chi connectivity index (χ1) is 15.5. The van der Waals surface area contributed by atoms with Gasteiger partial charge in [0.1, 0.15) is 6.04 Å². The third-order valence-corrected chi connectivity index (χ3v) is 7.34. The van der Waals surface area contributed by atoms with Crippen LogP contribution in [0.4, 0.5) is 0 Å². The molecule has 0 aliphatic carbocycles. The van der Waals surface area contributed by atoms with Crippen LogP contribution < -0.4 is 24.4 Å². The van der Waals surface area contributed by atoms with E-state index in [1.165, 1.54) is 22.7 Å². The monoisotopic (exact) mass is 488 g/mol. The maximum absolute atomic E-state index is 13.5. The Hall–Kier alpha value is -2.88. The van der Waals surface area contributed by atoms with Gasteiger partial charge in [0.25, 0.3) is 5.56 Å². The van der Waals surface area contributed by atoms with Crippen LogP contribution in [-0.4, -0.2) is 23.9 Å². The van der Waals surface area contributed by atoms with Gasteiger partial charge in [0.05, 0.1) is 27.4 Å². The molecule has 2 aromatic heterocycles. The van der Waals surface area contributed by atoms with Crippen molar-refractivity contribution < 1.29 is 19.0 Å². The van der Waals surface area contributed by atoms with Gasteiger partial charge in [-0.05, 0) is 43.0 Å². The first-order valence-corrected chi connectivity index (χ1v) is 11.9. The van der Waals surface area contributed by atoms with Crippen LogP contribution in [0.5, 0.6) is 11.5 Å². The van der Waals surface area contributed by atoms with Crippen LogP contribution in [0, 0.1) is 0 Å². The van der Waals surface area contributed by atoms with Gasteiger partial charge in [-0.2, -0.15) is 0 Å². The molecule has 1 aromatic carbocycles. The maximum atomic E-state index is 13.5. The lowest BCUT2D eigenvalue weighted by Crippen LogP contribution is -2.39. The second kappa shape index (κ2) is 8.23. The summed E-state index contributed by atoms with van der Waals surface area (Å²) < 4.78 is 18.1. The number of ether oxygens (including phenoxy) is 3. The average Bonchev–Trinajstić information content (AvgIpc) is 3.49. The zero-order chi connectivity index (χ0) is 22.4. The van der Waals surface area contributed by atoms with Gasteiger partial charge in [0.15, 0.2) is 16.3 Å². The molecule has 10 heteroatoms. The molecule has 164 valence electrons. The van der Waals surface area contributed by atoms with E-state index < -0.39 is 12.0 Å². The summed E-state index contributed by atoms with van der Waals surface area (Å²) in [6.45, 7) is 3.88. The number of allylic oxidation sites excluding steroid dienone is 1. The van der Waals surface area contributed by atoms with Gasteiger partial charge < -0.3 is 14.2 Å². The topological polar surface area (TPSA) is 79.1 Å². The molecule has 2 aliphatic rings. The largest absolute Gasteiger partial charge is 0.463 e. The Morgan fingerprint density at radius 3 is 2.88 bits per heavy atom. The Morgan fingerprint density at radius 2 is 2.16 bits per heavy atom. The van der Waals surface area contributed by atoms with E-state index in [2.05, 4.69) is 4.99 Å². The van der Waals surface area contributed by atoms with E-state index in [1.807, 2.05) is 17.5 Å². The molecular weight excluding hydrogens is 472 g/mol. The average molecular weight is 489 g/mol. The Kier molecular flexibility index (Phi) is 5.40. The van der Waals surface area contributed by atoms with E-state index in [1.54, 1.807) is 36.6 Å². The highest BCUT2D eigenvalue weighted by Gasteiger charge is 2.33. The van der Waals surface area contributed by atoms with Crippen LogP contribution in [0.2, 0.25) is 5.02 Å². The van der Waals surface area contributed by atoms with E-state index >= 15 is 0 Å². The van der Waals surface area contributed by atoms with Crippen molar-refractivity contribution in [3.63, 3.8) is 0 Å². The predicted octanol–water partition coefficient (Wildman–Crippen LogP) is 3.24. The van der Waals surface area contributed by atoms with Gasteiger partial charge in [-0.1, -0.05) is 29.0 Å². The number of benzene rings is 1. The van der Waals surface area contributed by atoms with Crippen molar-refractivity contribution >= 4 is 46.3 Å². The van der Waals surface area contributed by atoms with Crippen molar-refractivity contribution in [2.45, 2.75) is 19.9 Å². The summed E-state index contributed by atoms with van der Waals surface area (Å²) in [5.41, 5.74) is 1.29. The molecule has 0 N–H and O–H groups in total. The standard InChI is InChI=1S/C22H17ClN2O5S2/c1-3-28-21(27)18-11(2)24-22-25(19(18)16-5-4-6-31-16)20(26)17(32-22)8-12-7-14-15(9-13(12)23)30-10-29-14/h4-9,19H,3,10H2,1-2H3/b17-8-/t19-/m0/s1. The van der Waals surface area contributed by atoms with Gasteiger partial charge in [0.2, 0.25) is 6.79 Å². The minimum Gasteiger partial charge on any atom is -0.463 e. The Morgan fingerprint density at radius 1 is 1.38 bits per heavy atom. The fourth-order valence-corrected chi connectivity index (χ4v) is 5.76. The molecule has 2 aliphatic heterocycles. The van der Waals surface area contributed by atoms with Crippen LogP contribution in [0.3, 0.4) is 0 Å². The van der Waals surface area contributed by atoms with Gasteiger partial charge in [-0.3, -0.25) is 9.36 Å². The lowest BCUT2D eigenvalue weighted by molar-refractivity contribution is -0.139. The molecule has 0 spiro atoms. The molecule has 0 amide bonds. The highest BCUT2D eigenvalue weighted by atomic mass is 35.5. The Balaban J connectivity index is 1.70. The van der Waals surface area contributed by atoms with Crippen LogP contribution in [0.15, 0.2) is 50.7 Å². The number of esters is 1. The number of thiazole rings is 1. The third-order valence-electron chi connectivity index (χ3n) is 5.11. The van der Waals surface area contributed by atoms with E-state index in [9.17, 15) is 9.59 Å². The smallest absolute Gasteiger partial charge is 0.338 e.